The Morgan fingerprint density at radius 2 is 1.73 bits per heavy atom. The first-order valence-electron chi connectivity index (χ1n) is 11.0. The lowest BCUT2D eigenvalue weighted by atomic mass is 10.1. The number of nitrogens with one attached hydrogen (secondary N) is 1. The molecule has 0 aliphatic carbocycles. The van der Waals surface area contributed by atoms with Gasteiger partial charge in [-0.2, -0.15) is 0 Å². The van der Waals surface area contributed by atoms with Gasteiger partial charge >= 0.3 is 0 Å². The number of aromatic nitrogens is 2. The van der Waals surface area contributed by atoms with Crippen LogP contribution >= 0.6 is 11.8 Å². The van der Waals surface area contributed by atoms with E-state index >= 15 is 0 Å². The Labute approximate surface area is 198 Å². The molecule has 2 aromatic carbocycles. The Hall–Kier alpha value is -3.13. The summed E-state index contributed by atoms with van der Waals surface area (Å²) in [5.41, 5.74) is 5.16. The molecule has 0 saturated carbocycles. The van der Waals surface area contributed by atoms with Gasteiger partial charge in [-0.05, 0) is 61.7 Å². The highest BCUT2D eigenvalue weighted by Crippen LogP contribution is 2.25. The van der Waals surface area contributed by atoms with Crippen LogP contribution in [0.5, 0.6) is 0 Å². The van der Waals surface area contributed by atoms with Crippen LogP contribution < -0.4 is 15.1 Å². The Balaban J connectivity index is 1.33. The number of carbonyl (C=O) groups excluding carboxylic acids is 1. The molecule has 172 valence electrons. The van der Waals surface area contributed by atoms with E-state index in [0.29, 0.717) is 10.8 Å². The van der Waals surface area contributed by atoms with Gasteiger partial charge in [-0.3, -0.25) is 4.79 Å². The number of amides is 1. The standard InChI is InChI=1S/C25H28FN5OS/c1-17-4-5-19(3)22(14-17)30-10-12-31(13-11-30)23-8-9-27-25(29-23)33-16-24(32)28-21-15-20(26)7-6-18(21)2/h4-9,14-15H,10-13,16H2,1-3H3,(H,28,32). The molecule has 1 amide bonds. The third kappa shape index (κ3) is 5.82. The predicted octanol–water partition coefficient (Wildman–Crippen LogP) is 4.60. The van der Waals surface area contributed by atoms with E-state index in [1.165, 1.54) is 40.7 Å². The predicted molar refractivity (Wildman–Crippen MR) is 133 cm³/mol. The average Bonchev–Trinajstić information content (AvgIpc) is 2.82. The highest BCUT2D eigenvalue weighted by atomic mass is 32.2. The van der Waals surface area contributed by atoms with Crippen molar-refractivity contribution in [2.24, 2.45) is 0 Å². The van der Waals surface area contributed by atoms with E-state index < -0.39 is 0 Å². The van der Waals surface area contributed by atoms with Gasteiger partial charge in [-0.25, -0.2) is 14.4 Å². The van der Waals surface area contributed by atoms with Gasteiger partial charge in [0, 0.05) is 43.8 Å². The average molecular weight is 466 g/mol. The molecular formula is C25H28FN5OS. The molecular weight excluding hydrogens is 437 g/mol. The Morgan fingerprint density at radius 3 is 2.52 bits per heavy atom. The zero-order chi connectivity index (χ0) is 23.4. The van der Waals surface area contributed by atoms with Crippen LogP contribution in [0.25, 0.3) is 0 Å². The first kappa shape index (κ1) is 23.0. The molecule has 1 fully saturated rings. The molecule has 3 aromatic rings. The van der Waals surface area contributed by atoms with Crippen LogP contribution in [-0.4, -0.2) is 47.8 Å². The molecule has 4 rings (SSSR count). The zero-order valence-electron chi connectivity index (χ0n) is 19.1. The molecule has 0 radical (unpaired) electrons. The van der Waals surface area contributed by atoms with Crippen molar-refractivity contribution in [3.63, 3.8) is 0 Å². The summed E-state index contributed by atoms with van der Waals surface area (Å²) >= 11 is 1.27. The highest BCUT2D eigenvalue weighted by molar-refractivity contribution is 7.99. The molecule has 0 bridgehead atoms. The van der Waals surface area contributed by atoms with E-state index in [4.69, 9.17) is 0 Å². The fourth-order valence-corrected chi connectivity index (χ4v) is 4.49. The first-order chi connectivity index (χ1) is 15.9. The number of nitrogens with zero attached hydrogens (tertiary/aromatic N) is 4. The van der Waals surface area contributed by atoms with Crippen LogP contribution in [0.2, 0.25) is 0 Å². The van der Waals surface area contributed by atoms with Crippen LogP contribution in [0.15, 0.2) is 53.8 Å². The van der Waals surface area contributed by atoms with Crippen LogP contribution in [-0.2, 0) is 4.79 Å². The largest absolute Gasteiger partial charge is 0.368 e. The monoisotopic (exact) mass is 465 g/mol. The number of aryl methyl sites for hydroxylation is 3. The van der Waals surface area contributed by atoms with Crippen LogP contribution in [0.1, 0.15) is 16.7 Å². The minimum Gasteiger partial charge on any atom is -0.368 e. The Bertz CT molecular complexity index is 1150. The van der Waals surface area contributed by atoms with Gasteiger partial charge < -0.3 is 15.1 Å². The maximum absolute atomic E-state index is 13.4. The van der Waals surface area contributed by atoms with Crippen molar-refractivity contribution in [3.8, 4) is 0 Å². The van der Waals surface area contributed by atoms with E-state index in [2.05, 4.69) is 57.1 Å². The smallest absolute Gasteiger partial charge is 0.234 e. The lowest BCUT2D eigenvalue weighted by molar-refractivity contribution is -0.113. The Kier molecular flexibility index (Phi) is 7.13. The summed E-state index contributed by atoms with van der Waals surface area (Å²) in [6, 6.07) is 12.8. The number of halogens is 1. The number of piperazine rings is 1. The van der Waals surface area contributed by atoms with E-state index in [0.717, 1.165) is 37.6 Å². The molecule has 0 atom stereocenters. The molecule has 0 spiro atoms. The quantitative estimate of drug-likeness (QED) is 0.424. The summed E-state index contributed by atoms with van der Waals surface area (Å²) in [6.07, 6.45) is 1.73. The summed E-state index contributed by atoms with van der Waals surface area (Å²) in [6.45, 7) is 9.69. The van der Waals surface area contributed by atoms with Crippen molar-refractivity contribution in [1.82, 2.24) is 9.97 Å². The minimum atomic E-state index is -0.378. The number of benzene rings is 2. The van der Waals surface area contributed by atoms with Crippen LogP contribution in [0.3, 0.4) is 0 Å². The van der Waals surface area contributed by atoms with Gasteiger partial charge in [-0.15, -0.1) is 0 Å². The fraction of sp³-hybridized carbons (Fsp3) is 0.320. The summed E-state index contributed by atoms with van der Waals surface area (Å²) in [5, 5.41) is 3.31. The van der Waals surface area contributed by atoms with Crippen molar-refractivity contribution < 1.29 is 9.18 Å². The molecule has 1 N–H and O–H groups in total. The van der Waals surface area contributed by atoms with Gasteiger partial charge in [0.15, 0.2) is 5.16 Å². The third-order valence-electron chi connectivity index (χ3n) is 5.73. The molecule has 2 heterocycles. The van der Waals surface area contributed by atoms with E-state index in [9.17, 15) is 9.18 Å². The number of hydrogen-bond acceptors (Lipinski definition) is 6. The lowest BCUT2D eigenvalue weighted by Crippen LogP contribution is -2.47. The maximum atomic E-state index is 13.4. The number of thioether (sulfide) groups is 1. The summed E-state index contributed by atoms with van der Waals surface area (Å²) in [7, 11) is 0. The topological polar surface area (TPSA) is 61.4 Å². The minimum absolute atomic E-state index is 0.153. The van der Waals surface area contributed by atoms with Gasteiger partial charge in [0.05, 0.1) is 5.75 Å². The van der Waals surface area contributed by atoms with Crippen molar-refractivity contribution in [3.05, 3.63) is 71.2 Å². The summed E-state index contributed by atoms with van der Waals surface area (Å²) in [5.74, 6) is 0.427. The number of hydrogen-bond donors (Lipinski definition) is 1. The van der Waals surface area contributed by atoms with Crippen molar-refractivity contribution in [1.29, 1.82) is 0 Å². The van der Waals surface area contributed by atoms with E-state index in [1.807, 2.05) is 13.0 Å². The molecule has 8 heteroatoms. The van der Waals surface area contributed by atoms with E-state index in [1.54, 1.807) is 12.3 Å². The molecule has 1 aliphatic rings. The van der Waals surface area contributed by atoms with Gasteiger partial charge in [0.2, 0.25) is 5.91 Å². The Morgan fingerprint density at radius 1 is 1.00 bits per heavy atom. The SMILES string of the molecule is Cc1ccc(C)c(N2CCN(c3ccnc(SCC(=O)Nc4cc(F)ccc4C)n3)CC2)c1. The molecule has 1 aliphatic heterocycles. The third-order valence-corrected chi connectivity index (χ3v) is 6.60. The second kappa shape index (κ2) is 10.2. The molecule has 1 aromatic heterocycles. The van der Waals surface area contributed by atoms with Crippen molar-refractivity contribution in [2.75, 3.05) is 47.0 Å². The summed E-state index contributed by atoms with van der Waals surface area (Å²) < 4.78 is 13.4. The summed E-state index contributed by atoms with van der Waals surface area (Å²) in [4.78, 5) is 26.0. The number of anilines is 3. The molecule has 33 heavy (non-hydrogen) atoms. The fourth-order valence-electron chi connectivity index (χ4n) is 3.86. The van der Waals surface area contributed by atoms with Crippen molar-refractivity contribution >= 4 is 34.9 Å². The number of rotatable bonds is 6. The number of carbonyl (C=O) groups is 1. The van der Waals surface area contributed by atoms with Gasteiger partial charge in [0.1, 0.15) is 11.6 Å². The highest BCUT2D eigenvalue weighted by Gasteiger charge is 2.20. The van der Waals surface area contributed by atoms with Crippen LogP contribution in [0.4, 0.5) is 21.6 Å². The molecule has 6 nitrogen and oxygen atoms in total. The second-order valence-electron chi connectivity index (χ2n) is 8.26. The maximum Gasteiger partial charge on any atom is 0.234 e. The van der Waals surface area contributed by atoms with Gasteiger partial charge in [-0.1, -0.05) is 30.0 Å². The second-order valence-corrected chi connectivity index (χ2v) is 9.20. The lowest BCUT2D eigenvalue weighted by Gasteiger charge is -2.37. The first-order valence-corrected chi connectivity index (χ1v) is 12.0. The normalized spacial score (nSPS) is 13.8. The van der Waals surface area contributed by atoms with Gasteiger partial charge in [0.25, 0.3) is 0 Å². The molecule has 0 unspecified atom stereocenters. The van der Waals surface area contributed by atoms with Crippen molar-refractivity contribution in [2.45, 2.75) is 25.9 Å². The zero-order valence-corrected chi connectivity index (χ0v) is 20.0. The molecule has 1 saturated heterocycles. The van der Waals surface area contributed by atoms with E-state index in [-0.39, 0.29) is 17.5 Å². The van der Waals surface area contributed by atoms with Crippen LogP contribution in [0, 0.1) is 26.6 Å².